The van der Waals surface area contributed by atoms with Crippen molar-refractivity contribution in [1.29, 1.82) is 0 Å². The summed E-state index contributed by atoms with van der Waals surface area (Å²) in [5.74, 6) is 0.194. The van der Waals surface area contributed by atoms with E-state index in [1.54, 1.807) is 6.07 Å². The molecule has 2 rings (SSSR count). The van der Waals surface area contributed by atoms with E-state index >= 15 is 0 Å². The smallest absolute Gasteiger partial charge is 0.232 e. The first-order valence-corrected chi connectivity index (χ1v) is 5.83. The van der Waals surface area contributed by atoms with Crippen LogP contribution in [0, 0.1) is 5.92 Å². The highest BCUT2D eigenvalue weighted by atomic mass is 16.5. The molecule has 1 aromatic rings. The van der Waals surface area contributed by atoms with Crippen molar-refractivity contribution in [1.82, 2.24) is 10.5 Å². The minimum atomic E-state index is -0.168. The van der Waals surface area contributed by atoms with Crippen LogP contribution in [0.3, 0.4) is 0 Å². The normalized spacial score (nSPS) is 23.8. The van der Waals surface area contributed by atoms with E-state index < -0.39 is 0 Å². The van der Waals surface area contributed by atoms with Gasteiger partial charge in [-0.15, -0.1) is 0 Å². The predicted molar refractivity (Wildman–Crippen MR) is 61.5 cm³/mol. The molecule has 94 valence electrons. The summed E-state index contributed by atoms with van der Waals surface area (Å²) in [5.41, 5.74) is 0. The fraction of sp³-hybridized carbons (Fsp3) is 0.636. The summed E-state index contributed by atoms with van der Waals surface area (Å²) in [6.45, 7) is 4.01. The van der Waals surface area contributed by atoms with Crippen molar-refractivity contribution in [2.75, 3.05) is 25.1 Å². The quantitative estimate of drug-likeness (QED) is 0.788. The Hall–Kier alpha value is -1.40. The van der Waals surface area contributed by atoms with Crippen LogP contribution in [-0.2, 0) is 9.53 Å². The number of nitrogens with one attached hydrogen (secondary N) is 2. The zero-order chi connectivity index (χ0) is 12.1. The van der Waals surface area contributed by atoms with Gasteiger partial charge in [0.1, 0.15) is 6.26 Å². The largest absolute Gasteiger partial charge is 0.379 e. The Kier molecular flexibility index (Phi) is 4.11. The summed E-state index contributed by atoms with van der Waals surface area (Å²) in [6.07, 6.45) is 2.46. The molecule has 0 radical (unpaired) electrons. The predicted octanol–water partition coefficient (Wildman–Crippen LogP) is 0.628. The van der Waals surface area contributed by atoms with Crippen LogP contribution in [0.5, 0.6) is 0 Å². The summed E-state index contributed by atoms with van der Waals surface area (Å²) < 4.78 is 10.00. The summed E-state index contributed by atoms with van der Waals surface area (Å²) >= 11 is 0. The number of nitrogens with zero attached hydrogens (tertiary/aromatic N) is 1. The molecule has 17 heavy (non-hydrogen) atoms. The minimum absolute atomic E-state index is 0.0787. The van der Waals surface area contributed by atoms with Crippen LogP contribution >= 0.6 is 0 Å². The molecule has 0 aliphatic carbocycles. The van der Waals surface area contributed by atoms with Crippen molar-refractivity contribution in [3.05, 3.63) is 12.3 Å². The van der Waals surface area contributed by atoms with Crippen LogP contribution in [-0.4, -0.2) is 36.9 Å². The van der Waals surface area contributed by atoms with Crippen LogP contribution < -0.4 is 10.6 Å². The van der Waals surface area contributed by atoms with Gasteiger partial charge < -0.3 is 19.9 Å². The second-order valence-corrected chi connectivity index (χ2v) is 4.08. The van der Waals surface area contributed by atoms with E-state index in [4.69, 9.17) is 4.74 Å². The summed E-state index contributed by atoms with van der Waals surface area (Å²) in [4.78, 5) is 12.0. The first-order chi connectivity index (χ1) is 8.31. The third-order valence-electron chi connectivity index (χ3n) is 2.76. The average Bonchev–Trinajstić information content (AvgIpc) is 2.96. The summed E-state index contributed by atoms with van der Waals surface area (Å²) in [6, 6.07) is 1.70. The van der Waals surface area contributed by atoms with E-state index in [1.165, 1.54) is 6.26 Å². The zero-order valence-corrected chi connectivity index (χ0v) is 9.81. The van der Waals surface area contributed by atoms with Crippen LogP contribution in [0.2, 0.25) is 0 Å². The molecule has 2 atom stereocenters. The molecule has 0 aromatic carbocycles. The van der Waals surface area contributed by atoms with Gasteiger partial charge in [0, 0.05) is 12.1 Å². The lowest BCUT2D eigenvalue weighted by molar-refractivity contribution is -0.120. The molecule has 1 amide bonds. The van der Waals surface area contributed by atoms with Crippen LogP contribution in [0.1, 0.15) is 13.3 Å². The zero-order valence-electron chi connectivity index (χ0n) is 9.81. The number of carbonyl (C=O) groups is 1. The second kappa shape index (κ2) is 5.79. The number of aromatic nitrogens is 1. The standard InChI is InChI=1S/C11H17N3O3/c1-2-4-12-9-7-16-6-8(9)11(15)13-10-3-5-17-14-10/h3,5,8-9,12H,2,4,6-7H2,1H3,(H,13,14,15). The minimum Gasteiger partial charge on any atom is -0.379 e. The van der Waals surface area contributed by atoms with E-state index in [0.717, 1.165) is 13.0 Å². The highest BCUT2D eigenvalue weighted by Gasteiger charge is 2.33. The van der Waals surface area contributed by atoms with E-state index in [9.17, 15) is 4.79 Å². The van der Waals surface area contributed by atoms with Crippen molar-refractivity contribution in [3.63, 3.8) is 0 Å². The molecular weight excluding hydrogens is 222 g/mol. The van der Waals surface area contributed by atoms with Crippen molar-refractivity contribution in [2.45, 2.75) is 19.4 Å². The number of ether oxygens (including phenoxy) is 1. The number of rotatable bonds is 5. The molecule has 2 N–H and O–H groups in total. The second-order valence-electron chi connectivity index (χ2n) is 4.08. The summed E-state index contributed by atoms with van der Waals surface area (Å²) in [7, 11) is 0. The summed E-state index contributed by atoms with van der Waals surface area (Å²) in [5, 5.41) is 9.67. The van der Waals surface area contributed by atoms with Gasteiger partial charge in [0.25, 0.3) is 0 Å². The Morgan fingerprint density at radius 2 is 2.47 bits per heavy atom. The molecular formula is C11H17N3O3. The molecule has 2 heterocycles. The number of hydrogen-bond donors (Lipinski definition) is 2. The Labute approximate surface area is 99.7 Å². The van der Waals surface area contributed by atoms with E-state index in [0.29, 0.717) is 19.0 Å². The first kappa shape index (κ1) is 12.1. The number of hydrogen-bond acceptors (Lipinski definition) is 5. The first-order valence-electron chi connectivity index (χ1n) is 5.83. The van der Waals surface area contributed by atoms with Crippen molar-refractivity contribution >= 4 is 11.7 Å². The van der Waals surface area contributed by atoms with E-state index in [-0.39, 0.29) is 17.9 Å². The highest BCUT2D eigenvalue weighted by molar-refractivity contribution is 5.92. The third-order valence-corrected chi connectivity index (χ3v) is 2.76. The molecule has 6 heteroatoms. The van der Waals surface area contributed by atoms with Crippen LogP contribution in [0.25, 0.3) is 0 Å². The molecule has 1 fully saturated rings. The maximum atomic E-state index is 12.0. The molecule has 0 spiro atoms. The Balaban J connectivity index is 1.89. The molecule has 2 unspecified atom stereocenters. The van der Waals surface area contributed by atoms with Gasteiger partial charge in [-0.1, -0.05) is 12.1 Å². The Morgan fingerprint density at radius 3 is 3.18 bits per heavy atom. The molecule has 0 saturated carbocycles. The topological polar surface area (TPSA) is 76.4 Å². The van der Waals surface area contributed by atoms with Gasteiger partial charge in [0.05, 0.1) is 19.1 Å². The Bertz CT molecular complexity index is 353. The third kappa shape index (κ3) is 3.04. The molecule has 6 nitrogen and oxygen atoms in total. The van der Waals surface area contributed by atoms with Crippen LogP contribution in [0.4, 0.5) is 5.82 Å². The molecule has 1 aliphatic heterocycles. The molecule has 1 aliphatic rings. The Morgan fingerprint density at radius 1 is 1.59 bits per heavy atom. The highest BCUT2D eigenvalue weighted by Crippen LogP contribution is 2.16. The van der Waals surface area contributed by atoms with E-state index in [2.05, 4.69) is 27.2 Å². The fourth-order valence-electron chi connectivity index (χ4n) is 1.84. The van der Waals surface area contributed by atoms with Gasteiger partial charge in [0.15, 0.2) is 5.82 Å². The van der Waals surface area contributed by atoms with Crippen molar-refractivity contribution < 1.29 is 14.1 Å². The molecule has 1 saturated heterocycles. The van der Waals surface area contributed by atoms with Crippen molar-refractivity contribution in [3.8, 4) is 0 Å². The van der Waals surface area contributed by atoms with Gasteiger partial charge >= 0.3 is 0 Å². The molecule has 1 aromatic heterocycles. The number of amides is 1. The van der Waals surface area contributed by atoms with Gasteiger partial charge in [-0.05, 0) is 13.0 Å². The number of anilines is 1. The number of carbonyl (C=O) groups excluding carboxylic acids is 1. The van der Waals surface area contributed by atoms with Gasteiger partial charge in [-0.2, -0.15) is 0 Å². The lowest BCUT2D eigenvalue weighted by Gasteiger charge is -2.17. The SMILES string of the molecule is CCCNC1COCC1C(=O)Nc1ccon1. The monoisotopic (exact) mass is 239 g/mol. The van der Waals surface area contributed by atoms with Gasteiger partial charge in [0.2, 0.25) is 5.91 Å². The van der Waals surface area contributed by atoms with Crippen molar-refractivity contribution in [2.24, 2.45) is 5.92 Å². The maximum absolute atomic E-state index is 12.0. The van der Waals surface area contributed by atoms with E-state index in [1.807, 2.05) is 0 Å². The fourth-order valence-corrected chi connectivity index (χ4v) is 1.84. The lowest BCUT2D eigenvalue weighted by Crippen LogP contribution is -2.41. The lowest BCUT2D eigenvalue weighted by atomic mass is 10.0. The maximum Gasteiger partial charge on any atom is 0.232 e. The van der Waals surface area contributed by atoms with Crippen LogP contribution in [0.15, 0.2) is 16.9 Å². The van der Waals surface area contributed by atoms with Gasteiger partial charge in [-0.3, -0.25) is 4.79 Å². The average molecular weight is 239 g/mol. The van der Waals surface area contributed by atoms with Gasteiger partial charge in [-0.25, -0.2) is 0 Å². The molecule has 0 bridgehead atoms.